The van der Waals surface area contributed by atoms with Gasteiger partial charge in [-0.3, -0.25) is 9.36 Å². The number of carbonyl (C=O) groups is 2. The van der Waals surface area contributed by atoms with Crippen LogP contribution in [0.3, 0.4) is 0 Å². The number of amides is 1. The lowest BCUT2D eigenvalue weighted by Gasteiger charge is -2.10. The maximum absolute atomic E-state index is 12.4. The van der Waals surface area contributed by atoms with Gasteiger partial charge in [-0.25, -0.2) is 10.2 Å². The highest BCUT2D eigenvalue weighted by Crippen LogP contribution is 2.28. The Balaban J connectivity index is 1.45. The molecule has 3 aromatic carbocycles. The molecule has 0 aliphatic heterocycles. The summed E-state index contributed by atoms with van der Waals surface area (Å²) in [6.45, 7) is 2.02. The third kappa shape index (κ3) is 6.18. The first-order valence-electron chi connectivity index (χ1n) is 10.9. The Labute approximate surface area is 217 Å². The van der Waals surface area contributed by atoms with Crippen LogP contribution in [0.5, 0.6) is 0 Å². The summed E-state index contributed by atoms with van der Waals surface area (Å²) in [6.07, 6.45) is 1.50. The maximum atomic E-state index is 12.4. The minimum absolute atomic E-state index is 0.0865. The first-order chi connectivity index (χ1) is 17.4. The molecule has 4 aromatic rings. The van der Waals surface area contributed by atoms with E-state index in [9.17, 15) is 9.59 Å². The summed E-state index contributed by atoms with van der Waals surface area (Å²) < 4.78 is 6.59. The van der Waals surface area contributed by atoms with E-state index in [-0.39, 0.29) is 11.7 Å². The van der Waals surface area contributed by atoms with Gasteiger partial charge in [-0.15, -0.1) is 10.2 Å². The van der Waals surface area contributed by atoms with Crippen molar-refractivity contribution < 1.29 is 14.3 Å². The van der Waals surface area contributed by atoms with Crippen LogP contribution in [-0.2, 0) is 9.53 Å². The number of carbonyl (C=O) groups excluding carboxylic acids is 2. The van der Waals surface area contributed by atoms with Crippen LogP contribution in [0.1, 0.15) is 21.5 Å². The van der Waals surface area contributed by atoms with Gasteiger partial charge in [-0.1, -0.05) is 53.2 Å². The van der Waals surface area contributed by atoms with E-state index < -0.39 is 5.97 Å². The molecule has 0 radical (unpaired) electrons. The molecule has 0 bridgehead atoms. The first kappa shape index (κ1) is 25.2. The molecular weight excluding hydrogens is 498 g/mol. The number of aryl methyl sites for hydroxylation is 1. The van der Waals surface area contributed by atoms with E-state index in [1.165, 1.54) is 25.1 Å². The van der Waals surface area contributed by atoms with Gasteiger partial charge in [0.05, 0.1) is 24.6 Å². The van der Waals surface area contributed by atoms with Crippen LogP contribution in [0, 0.1) is 6.92 Å². The van der Waals surface area contributed by atoms with Gasteiger partial charge in [0.1, 0.15) is 0 Å². The zero-order valence-corrected chi connectivity index (χ0v) is 21.1. The van der Waals surface area contributed by atoms with Crippen LogP contribution in [0.4, 0.5) is 0 Å². The van der Waals surface area contributed by atoms with Crippen molar-refractivity contribution in [1.82, 2.24) is 20.2 Å². The maximum Gasteiger partial charge on any atom is 0.337 e. The summed E-state index contributed by atoms with van der Waals surface area (Å²) in [5.41, 5.74) is 6.53. The summed E-state index contributed by atoms with van der Waals surface area (Å²) >= 11 is 7.30. The van der Waals surface area contributed by atoms with Crippen LogP contribution in [0.25, 0.3) is 17.1 Å². The molecule has 0 spiro atoms. The van der Waals surface area contributed by atoms with Gasteiger partial charge in [0.25, 0.3) is 5.91 Å². The van der Waals surface area contributed by atoms with Crippen LogP contribution in [-0.4, -0.2) is 45.7 Å². The Kier molecular flexibility index (Phi) is 8.14. The lowest BCUT2D eigenvalue weighted by Crippen LogP contribution is -2.20. The highest BCUT2D eigenvalue weighted by Gasteiger charge is 2.17. The molecule has 0 saturated heterocycles. The molecule has 0 unspecified atom stereocenters. The second kappa shape index (κ2) is 11.7. The van der Waals surface area contributed by atoms with Gasteiger partial charge in [0.2, 0.25) is 0 Å². The number of hydrazone groups is 1. The molecule has 1 aromatic heterocycles. The highest BCUT2D eigenvalue weighted by atomic mass is 35.5. The number of methoxy groups -OCH3 is 1. The summed E-state index contributed by atoms with van der Waals surface area (Å²) in [5.74, 6) is 0.0192. The molecule has 1 N–H and O–H groups in total. The molecular formula is C26H22ClN5O3S. The van der Waals surface area contributed by atoms with Gasteiger partial charge >= 0.3 is 5.97 Å². The Bertz CT molecular complexity index is 1380. The molecule has 0 aliphatic rings. The number of hydrogen-bond donors (Lipinski definition) is 1. The first-order valence-corrected chi connectivity index (χ1v) is 12.2. The lowest BCUT2D eigenvalue weighted by atomic mass is 10.1. The van der Waals surface area contributed by atoms with E-state index in [1.54, 1.807) is 36.4 Å². The molecule has 0 aliphatic carbocycles. The minimum Gasteiger partial charge on any atom is -0.465 e. The zero-order chi connectivity index (χ0) is 25.5. The van der Waals surface area contributed by atoms with Crippen molar-refractivity contribution in [2.45, 2.75) is 12.1 Å². The third-order valence-electron chi connectivity index (χ3n) is 5.09. The molecule has 36 heavy (non-hydrogen) atoms. The Morgan fingerprint density at radius 3 is 2.39 bits per heavy atom. The number of rotatable bonds is 8. The van der Waals surface area contributed by atoms with Gasteiger partial charge in [0.15, 0.2) is 11.0 Å². The number of thioether (sulfide) groups is 1. The van der Waals surface area contributed by atoms with Gasteiger partial charge in [-0.2, -0.15) is 5.10 Å². The molecule has 1 amide bonds. The monoisotopic (exact) mass is 519 g/mol. The Hall–Kier alpha value is -3.95. The van der Waals surface area contributed by atoms with Gasteiger partial charge in [-0.05, 0) is 61.0 Å². The van der Waals surface area contributed by atoms with Crippen LogP contribution in [0.15, 0.2) is 83.1 Å². The molecule has 8 nitrogen and oxygen atoms in total. The molecule has 0 fully saturated rings. The largest absolute Gasteiger partial charge is 0.465 e. The fourth-order valence-electron chi connectivity index (χ4n) is 3.24. The molecule has 0 atom stereocenters. The lowest BCUT2D eigenvalue weighted by molar-refractivity contribution is -0.118. The van der Waals surface area contributed by atoms with Gasteiger partial charge < -0.3 is 4.74 Å². The number of ether oxygens (including phenoxy) is 1. The SMILES string of the molecule is COC(=O)c1ccc(C=NNC(=O)CSc2nnc(-c3ccc(Cl)cc3)n2-c2ccc(C)cc2)cc1. The number of nitrogens with zero attached hydrogens (tertiary/aromatic N) is 4. The summed E-state index contributed by atoms with van der Waals surface area (Å²) in [5, 5.41) is 13.9. The van der Waals surface area contributed by atoms with E-state index >= 15 is 0 Å². The van der Waals surface area contributed by atoms with Gasteiger partial charge in [0, 0.05) is 16.3 Å². The zero-order valence-electron chi connectivity index (χ0n) is 19.5. The van der Waals surface area contributed by atoms with E-state index in [0.717, 1.165) is 22.4 Å². The quantitative estimate of drug-likeness (QED) is 0.153. The van der Waals surface area contributed by atoms with Crippen molar-refractivity contribution in [1.29, 1.82) is 0 Å². The smallest absolute Gasteiger partial charge is 0.337 e. The van der Waals surface area contributed by atoms with Crippen LogP contribution in [0.2, 0.25) is 5.02 Å². The van der Waals surface area contributed by atoms with Crippen LogP contribution < -0.4 is 5.43 Å². The number of halogens is 1. The van der Waals surface area contributed by atoms with Crippen molar-refractivity contribution in [2.24, 2.45) is 5.10 Å². The van der Waals surface area contributed by atoms with E-state index in [1.807, 2.05) is 47.9 Å². The predicted octanol–water partition coefficient (Wildman–Crippen LogP) is 4.93. The minimum atomic E-state index is -0.415. The van der Waals surface area contributed by atoms with E-state index in [0.29, 0.717) is 21.6 Å². The standard InChI is InChI=1S/C26H22ClN5O3S/c1-17-3-13-22(14-4-17)32-24(19-9-11-21(27)12-10-19)30-31-26(32)36-16-23(33)29-28-15-18-5-7-20(8-6-18)25(34)35-2/h3-15H,16H2,1-2H3,(H,29,33). The molecule has 1 heterocycles. The second-order valence-corrected chi connectivity index (χ2v) is 9.06. The topological polar surface area (TPSA) is 98.5 Å². The van der Waals surface area contributed by atoms with E-state index in [4.69, 9.17) is 11.6 Å². The number of esters is 1. The second-order valence-electron chi connectivity index (χ2n) is 7.68. The van der Waals surface area contributed by atoms with Crippen molar-refractivity contribution in [3.05, 3.63) is 94.5 Å². The molecule has 4 rings (SSSR count). The summed E-state index contributed by atoms with van der Waals surface area (Å²) in [6, 6.07) is 22.0. The van der Waals surface area contributed by atoms with Crippen molar-refractivity contribution in [2.75, 3.05) is 12.9 Å². The number of aromatic nitrogens is 3. The third-order valence-corrected chi connectivity index (χ3v) is 6.28. The summed E-state index contributed by atoms with van der Waals surface area (Å²) in [4.78, 5) is 23.9. The fourth-order valence-corrected chi connectivity index (χ4v) is 4.11. The number of benzene rings is 3. The Morgan fingerprint density at radius 1 is 1.03 bits per heavy atom. The molecule has 10 heteroatoms. The van der Waals surface area contributed by atoms with Crippen molar-refractivity contribution in [3.63, 3.8) is 0 Å². The molecule has 0 saturated carbocycles. The fraction of sp³-hybridized carbons (Fsp3) is 0.115. The highest BCUT2D eigenvalue weighted by molar-refractivity contribution is 7.99. The summed E-state index contributed by atoms with van der Waals surface area (Å²) in [7, 11) is 1.33. The van der Waals surface area contributed by atoms with E-state index in [2.05, 4.69) is 25.5 Å². The van der Waals surface area contributed by atoms with Crippen LogP contribution >= 0.6 is 23.4 Å². The Morgan fingerprint density at radius 2 is 1.72 bits per heavy atom. The normalized spacial score (nSPS) is 11.0. The number of nitrogens with one attached hydrogen (secondary N) is 1. The average Bonchev–Trinajstić information content (AvgIpc) is 3.32. The van der Waals surface area contributed by atoms with Crippen molar-refractivity contribution >= 4 is 41.5 Å². The predicted molar refractivity (Wildman–Crippen MR) is 141 cm³/mol. The average molecular weight is 520 g/mol. The number of hydrogen-bond acceptors (Lipinski definition) is 7. The molecule has 182 valence electrons. The van der Waals surface area contributed by atoms with Crippen molar-refractivity contribution in [3.8, 4) is 17.1 Å².